The molecule has 1 rings (SSSR count). The average molecular weight is 193 g/mol. The summed E-state index contributed by atoms with van der Waals surface area (Å²) in [6.45, 7) is 3.30. The van der Waals surface area contributed by atoms with Crippen molar-refractivity contribution in [2.24, 2.45) is 5.92 Å². The van der Waals surface area contributed by atoms with Crippen LogP contribution < -0.4 is 4.72 Å². The van der Waals surface area contributed by atoms with E-state index in [0.717, 1.165) is 13.0 Å². The Morgan fingerprint density at radius 1 is 1.58 bits per heavy atom. The molecule has 0 saturated carbocycles. The Labute approximate surface area is 73.3 Å². The van der Waals surface area contributed by atoms with Gasteiger partial charge in [0.15, 0.2) is 0 Å². The van der Waals surface area contributed by atoms with Crippen LogP contribution in [0.15, 0.2) is 0 Å². The minimum atomic E-state index is -3.07. The van der Waals surface area contributed by atoms with Crippen LogP contribution in [-0.2, 0) is 14.8 Å². The van der Waals surface area contributed by atoms with E-state index < -0.39 is 10.0 Å². The molecule has 72 valence electrons. The number of rotatable bonds is 3. The van der Waals surface area contributed by atoms with E-state index in [2.05, 4.69) is 4.72 Å². The molecule has 2 atom stereocenters. The normalized spacial score (nSPS) is 27.3. The van der Waals surface area contributed by atoms with E-state index in [9.17, 15) is 8.42 Å². The molecule has 5 heteroatoms. The van der Waals surface area contributed by atoms with Crippen molar-refractivity contribution < 1.29 is 13.2 Å². The van der Waals surface area contributed by atoms with Crippen LogP contribution in [0.5, 0.6) is 0 Å². The third-order valence-electron chi connectivity index (χ3n) is 2.07. The van der Waals surface area contributed by atoms with Crippen molar-refractivity contribution >= 4 is 10.0 Å². The van der Waals surface area contributed by atoms with Gasteiger partial charge < -0.3 is 4.74 Å². The second-order valence-electron chi connectivity index (χ2n) is 3.30. The summed E-state index contributed by atoms with van der Waals surface area (Å²) in [7, 11) is -3.07. The lowest BCUT2D eigenvalue weighted by Gasteiger charge is -2.17. The van der Waals surface area contributed by atoms with Gasteiger partial charge in [0.05, 0.1) is 12.9 Å². The molecule has 0 aromatic rings. The van der Waals surface area contributed by atoms with Gasteiger partial charge in [-0.1, -0.05) is 0 Å². The van der Waals surface area contributed by atoms with E-state index >= 15 is 0 Å². The van der Waals surface area contributed by atoms with E-state index in [1.54, 1.807) is 0 Å². The molecule has 1 aliphatic rings. The molecular formula is C7H15NO3S. The van der Waals surface area contributed by atoms with Gasteiger partial charge in [0, 0.05) is 18.6 Å². The summed E-state index contributed by atoms with van der Waals surface area (Å²) in [5.41, 5.74) is 0. The number of hydrogen-bond acceptors (Lipinski definition) is 3. The number of hydrogen-bond donors (Lipinski definition) is 1. The van der Waals surface area contributed by atoms with Crippen molar-refractivity contribution in [2.45, 2.75) is 19.4 Å². The first-order chi connectivity index (χ1) is 5.49. The van der Waals surface area contributed by atoms with Crippen molar-refractivity contribution in [3.05, 3.63) is 0 Å². The van der Waals surface area contributed by atoms with Crippen LogP contribution in [0, 0.1) is 5.92 Å². The Morgan fingerprint density at radius 2 is 2.25 bits per heavy atom. The maximum absolute atomic E-state index is 10.8. The Morgan fingerprint density at radius 3 is 2.67 bits per heavy atom. The third-order valence-corrected chi connectivity index (χ3v) is 2.87. The van der Waals surface area contributed by atoms with Crippen molar-refractivity contribution in [3.63, 3.8) is 0 Å². The highest BCUT2D eigenvalue weighted by molar-refractivity contribution is 7.88. The predicted octanol–water partition coefficient (Wildman–Crippen LogP) is -0.0394. The van der Waals surface area contributed by atoms with Crippen LogP contribution in [0.25, 0.3) is 0 Å². The van der Waals surface area contributed by atoms with Gasteiger partial charge in [0.1, 0.15) is 0 Å². The van der Waals surface area contributed by atoms with E-state index in [0.29, 0.717) is 12.5 Å². The summed E-state index contributed by atoms with van der Waals surface area (Å²) in [4.78, 5) is 0. The van der Waals surface area contributed by atoms with Gasteiger partial charge in [-0.2, -0.15) is 0 Å². The Balaban J connectivity index is 2.42. The summed E-state index contributed by atoms with van der Waals surface area (Å²) >= 11 is 0. The second-order valence-corrected chi connectivity index (χ2v) is 5.08. The molecule has 1 fully saturated rings. The molecular weight excluding hydrogens is 178 g/mol. The molecule has 0 radical (unpaired) electrons. The molecule has 1 aliphatic heterocycles. The number of nitrogens with one attached hydrogen (secondary N) is 1. The van der Waals surface area contributed by atoms with Crippen LogP contribution in [0.3, 0.4) is 0 Å². The van der Waals surface area contributed by atoms with Gasteiger partial charge in [0.2, 0.25) is 10.0 Å². The minimum absolute atomic E-state index is 0.0116. The fourth-order valence-corrected chi connectivity index (χ4v) is 2.25. The van der Waals surface area contributed by atoms with Gasteiger partial charge in [-0.3, -0.25) is 0 Å². The molecule has 0 spiro atoms. The molecule has 4 nitrogen and oxygen atoms in total. The largest absolute Gasteiger partial charge is 0.381 e. The summed E-state index contributed by atoms with van der Waals surface area (Å²) in [6, 6.07) is -0.0116. The predicted molar refractivity (Wildman–Crippen MR) is 46.4 cm³/mol. The molecule has 0 aromatic heterocycles. The van der Waals surface area contributed by atoms with Gasteiger partial charge in [-0.05, 0) is 13.3 Å². The van der Waals surface area contributed by atoms with E-state index in [1.165, 1.54) is 6.26 Å². The molecule has 12 heavy (non-hydrogen) atoms. The fourth-order valence-electron chi connectivity index (χ4n) is 1.38. The second kappa shape index (κ2) is 3.72. The van der Waals surface area contributed by atoms with Crippen LogP contribution in [0.2, 0.25) is 0 Å². The Kier molecular flexibility index (Phi) is 3.09. The van der Waals surface area contributed by atoms with Crippen molar-refractivity contribution in [2.75, 3.05) is 19.5 Å². The number of ether oxygens (including phenoxy) is 1. The van der Waals surface area contributed by atoms with Crippen LogP contribution in [0.4, 0.5) is 0 Å². The van der Waals surface area contributed by atoms with Crippen LogP contribution in [0.1, 0.15) is 13.3 Å². The first-order valence-corrected chi connectivity index (χ1v) is 5.93. The molecule has 1 N–H and O–H groups in total. The minimum Gasteiger partial charge on any atom is -0.381 e. The first kappa shape index (κ1) is 9.95. The molecule has 1 heterocycles. The number of sulfonamides is 1. The topological polar surface area (TPSA) is 55.4 Å². The SMILES string of the molecule is CC(NS(C)(=O)=O)C1CCOC1. The quantitative estimate of drug-likeness (QED) is 0.684. The zero-order valence-electron chi connectivity index (χ0n) is 7.41. The van der Waals surface area contributed by atoms with Crippen molar-refractivity contribution in [1.29, 1.82) is 0 Å². The molecule has 1 saturated heterocycles. The molecule has 0 amide bonds. The fraction of sp³-hybridized carbons (Fsp3) is 1.00. The zero-order valence-corrected chi connectivity index (χ0v) is 8.23. The standard InChI is InChI=1S/C7H15NO3S/c1-6(8-12(2,9)10)7-3-4-11-5-7/h6-8H,3-5H2,1-2H3. The van der Waals surface area contributed by atoms with Gasteiger partial charge in [-0.15, -0.1) is 0 Å². The van der Waals surface area contributed by atoms with E-state index in [4.69, 9.17) is 4.74 Å². The highest BCUT2D eigenvalue weighted by Gasteiger charge is 2.23. The highest BCUT2D eigenvalue weighted by atomic mass is 32.2. The maximum atomic E-state index is 10.8. The zero-order chi connectivity index (χ0) is 9.19. The first-order valence-electron chi connectivity index (χ1n) is 4.04. The third kappa shape index (κ3) is 3.08. The van der Waals surface area contributed by atoms with Crippen LogP contribution >= 0.6 is 0 Å². The van der Waals surface area contributed by atoms with Gasteiger partial charge in [-0.25, -0.2) is 13.1 Å². The molecule has 2 unspecified atom stereocenters. The van der Waals surface area contributed by atoms with Gasteiger partial charge in [0.25, 0.3) is 0 Å². The van der Waals surface area contributed by atoms with Crippen molar-refractivity contribution in [3.8, 4) is 0 Å². The summed E-state index contributed by atoms with van der Waals surface area (Å²) in [5, 5.41) is 0. The monoisotopic (exact) mass is 193 g/mol. The summed E-state index contributed by atoms with van der Waals surface area (Å²) in [5.74, 6) is 0.333. The van der Waals surface area contributed by atoms with E-state index in [-0.39, 0.29) is 6.04 Å². The summed E-state index contributed by atoms with van der Waals surface area (Å²) < 4.78 is 29.4. The lowest BCUT2D eigenvalue weighted by atomic mass is 10.0. The molecule has 0 aliphatic carbocycles. The van der Waals surface area contributed by atoms with E-state index in [1.807, 2.05) is 6.92 Å². The maximum Gasteiger partial charge on any atom is 0.208 e. The average Bonchev–Trinajstić information content (AvgIpc) is 2.32. The summed E-state index contributed by atoms with van der Waals surface area (Å²) in [6.07, 6.45) is 2.13. The van der Waals surface area contributed by atoms with Crippen molar-refractivity contribution in [1.82, 2.24) is 4.72 Å². The van der Waals surface area contributed by atoms with Crippen LogP contribution in [-0.4, -0.2) is 33.9 Å². The highest BCUT2D eigenvalue weighted by Crippen LogP contribution is 2.16. The molecule has 0 aromatic carbocycles. The Bertz CT molecular complexity index is 231. The lowest BCUT2D eigenvalue weighted by molar-refractivity contribution is 0.180. The Hall–Kier alpha value is -0.130. The lowest BCUT2D eigenvalue weighted by Crippen LogP contribution is -2.37. The molecule has 0 bridgehead atoms. The van der Waals surface area contributed by atoms with Gasteiger partial charge >= 0.3 is 0 Å². The smallest absolute Gasteiger partial charge is 0.208 e.